The molecular formula is C41H46N8O4S. The molecule has 12 nitrogen and oxygen atoms in total. The number of fused-ring (bicyclic) bond motifs is 2. The Labute approximate surface area is 318 Å². The second-order valence-corrected chi connectivity index (χ2v) is 16.1. The SMILES string of the molecule is COC(=O)N[C@H](C(=O)N1CCC[C@H]1c1ncc(-c2ccc(-c3ccc(-c4cnc([C@H]5C6CCC(C6)[C@@H]5C(=O)NCc5nccs5)[nH]4)cc3)cc2)[nH]1)C(C)C. The number of thiazole rings is 1. The molecule has 2 unspecified atom stereocenters. The molecule has 1 saturated heterocycles. The lowest BCUT2D eigenvalue weighted by Crippen LogP contribution is -2.51. The van der Waals surface area contributed by atoms with Crippen molar-refractivity contribution in [1.29, 1.82) is 0 Å². The predicted molar refractivity (Wildman–Crippen MR) is 206 cm³/mol. The third-order valence-electron chi connectivity index (χ3n) is 11.6. The summed E-state index contributed by atoms with van der Waals surface area (Å²) in [6, 6.07) is 16.0. The number of imidazole rings is 2. The first-order valence-corrected chi connectivity index (χ1v) is 19.8. The van der Waals surface area contributed by atoms with E-state index in [4.69, 9.17) is 9.72 Å². The first kappa shape index (κ1) is 35.7. The Kier molecular flexibility index (Phi) is 10.1. The van der Waals surface area contributed by atoms with E-state index in [0.29, 0.717) is 24.9 Å². The van der Waals surface area contributed by atoms with Crippen LogP contribution in [0.2, 0.25) is 0 Å². The maximum atomic E-state index is 13.5. The number of nitrogens with zero attached hydrogens (tertiary/aromatic N) is 4. The molecular weight excluding hydrogens is 701 g/mol. The van der Waals surface area contributed by atoms with Gasteiger partial charge in [-0.1, -0.05) is 62.4 Å². The van der Waals surface area contributed by atoms with Gasteiger partial charge in [0.15, 0.2) is 0 Å². The molecule has 4 N–H and O–H groups in total. The number of hydrogen-bond acceptors (Lipinski definition) is 8. The minimum Gasteiger partial charge on any atom is -0.453 e. The summed E-state index contributed by atoms with van der Waals surface area (Å²) in [5.41, 5.74) is 6.07. The molecule has 3 amide bonds. The number of aromatic nitrogens is 5. The topological polar surface area (TPSA) is 158 Å². The molecule has 3 aliphatic rings. The van der Waals surface area contributed by atoms with Crippen molar-refractivity contribution < 1.29 is 19.1 Å². The summed E-state index contributed by atoms with van der Waals surface area (Å²) >= 11 is 1.56. The molecule has 3 fully saturated rings. The molecule has 0 radical (unpaired) electrons. The van der Waals surface area contributed by atoms with Crippen LogP contribution >= 0.6 is 11.3 Å². The standard InChI is InChI=1S/C41H46N8O4S/c1-23(2)36(48-41(52)53-3)40(51)49-17-4-5-32(49)37-43-20-30(46-37)26-10-6-24(7-11-26)25-8-12-27(13-9-25)31-21-44-38(47-31)34-28-14-15-29(19-28)35(34)39(50)45-22-33-42-16-18-54-33/h6-13,16,18,20-21,23,28-29,32,34-36H,4-5,14-15,17,19,22H2,1-3H3,(H,43,46)(H,44,47)(H,45,50)(H,48,52)/t28?,29?,32-,34-,35-,36-/m0/s1. The summed E-state index contributed by atoms with van der Waals surface area (Å²) in [4.78, 5) is 61.6. The zero-order valence-electron chi connectivity index (χ0n) is 30.7. The van der Waals surface area contributed by atoms with E-state index in [2.05, 4.69) is 79.1 Å². The molecule has 4 heterocycles. The number of alkyl carbamates (subject to hydrolysis) is 1. The number of benzene rings is 2. The number of H-pyrrole nitrogens is 2. The number of hydrogen-bond donors (Lipinski definition) is 4. The van der Waals surface area contributed by atoms with E-state index < -0.39 is 12.1 Å². The highest BCUT2D eigenvalue weighted by molar-refractivity contribution is 7.09. The van der Waals surface area contributed by atoms with Crippen LogP contribution in [0.1, 0.15) is 74.6 Å². The number of nitrogens with one attached hydrogen (secondary N) is 4. The average molecular weight is 747 g/mol. The summed E-state index contributed by atoms with van der Waals surface area (Å²) in [6.07, 6.45) is 9.87. The normalized spacial score (nSPS) is 22.4. The highest BCUT2D eigenvalue weighted by atomic mass is 32.1. The largest absolute Gasteiger partial charge is 0.453 e. The van der Waals surface area contributed by atoms with Crippen LogP contribution in [0.4, 0.5) is 4.79 Å². The Morgan fingerprint density at radius 2 is 1.50 bits per heavy atom. The van der Waals surface area contributed by atoms with Gasteiger partial charge in [-0.3, -0.25) is 9.59 Å². The van der Waals surface area contributed by atoms with Gasteiger partial charge in [0.05, 0.1) is 49.4 Å². The van der Waals surface area contributed by atoms with E-state index >= 15 is 0 Å². The van der Waals surface area contributed by atoms with Crippen LogP contribution < -0.4 is 10.6 Å². The Hall–Kier alpha value is -5.30. The fourth-order valence-corrected chi connectivity index (χ4v) is 9.42. The van der Waals surface area contributed by atoms with Gasteiger partial charge in [-0.25, -0.2) is 19.7 Å². The fraction of sp³-hybridized carbons (Fsp3) is 0.415. The lowest BCUT2D eigenvalue weighted by Gasteiger charge is -2.30. The summed E-state index contributed by atoms with van der Waals surface area (Å²) in [6.45, 7) is 4.90. The van der Waals surface area contributed by atoms with Gasteiger partial charge in [-0.05, 0) is 72.1 Å². The second kappa shape index (κ2) is 15.2. The molecule has 2 bridgehead atoms. The third kappa shape index (κ3) is 7.04. The maximum Gasteiger partial charge on any atom is 0.407 e. The van der Waals surface area contributed by atoms with Crippen molar-refractivity contribution in [3.63, 3.8) is 0 Å². The summed E-state index contributed by atoms with van der Waals surface area (Å²) < 4.78 is 4.76. The van der Waals surface area contributed by atoms with Crippen molar-refractivity contribution >= 4 is 29.2 Å². The van der Waals surface area contributed by atoms with Crippen molar-refractivity contribution in [2.45, 2.75) is 70.5 Å². The highest BCUT2D eigenvalue weighted by Gasteiger charge is 2.52. The van der Waals surface area contributed by atoms with E-state index in [1.807, 2.05) is 36.5 Å². The van der Waals surface area contributed by atoms with Crippen molar-refractivity contribution in [3.05, 3.63) is 89.2 Å². The number of carbonyl (C=O) groups is 3. The number of likely N-dealkylation sites (tertiary alicyclic amines) is 1. The third-order valence-corrected chi connectivity index (χ3v) is 12.4. The predicted octanol–water partition coefficient (Wildman–Crippen LogP) is 7.08. The van der Waals surface area contributed by atoms with Gasteiger partial charge >= 0.3 is 6.09 Å². The van der Waals surface area contributed by atoms with E-state index in [-0.39, 0.29) is 35.6 Å². The van der Waals surface area contributed by atoms with E-state index in [0.717, 1.165) is 82.4 Å². The number of amides is 3. The van der Waals surface area contributed by atoms with Crippen LogP contribution in [-0.2, 0) is 20.9 Å². The summed E-state index contributed by atoms with van der Waals surface area (Å²) in [5.74, 6) is 2.46. The van der Waals surface area contributed by atoms with Crippen LogP contribution in [0, 0.1) is 23.7 Å². The number of ether oxygens (including phenoxy) is 1. The van der Waals surface area contributed by atoms with Gasteiger partial charge < -0.3 is 30.2 Å². The smallest absolute Gasteiger partial charge is 0.407 e. The van der Waals surface area contributed by atoms with Gasteiger partial charge in [0.25, 0.3) is 0 Å². The number of aromatic amines is 2. The molecule has 5 aromatic rings. The molecule has 2 aliphatic carbocycles. The molecule has 2 saturated carbocycles. The molecule has 8 rings (SSSR count). The number of rotatable bonds is 11. The van der Waals surface area contributed by atoms with E-state index in [1.54, 1.807) is 17.5 Å². The van der Waals surface area contributed by atoms with Crippen LogP contribution in [0.3, 0.4) is 0 Å². The van der Waals surface area contributed by atoms with E-state index in [9.17, 15) is 14.4 Å². The second-order valence-electron chi connectivity index (χ2n) is 15.1. The molecule has 280 valence electrons. The molecule has 6 atom stereocenters. The molecule has 0 spiro atoms. The lowest BCUT2D eigenvalue weighted by molar-refractivity contribution is -0.135. The van der Waals surface area contributed by atoms with Crippen molar-refractivity contribution in [1.82, 2.24) is 40.5 Å². The van der Waals surface area contributed by atoms with Crippen molar-refractivity contribution in [2.75, 3.05) is 13.7 Å². The van der Waals surface area contributed by atoms with Gasteiger partial charge in [0.1, 0.15) is 22.7 Å². The fourth-order valence-electron chi connectivity index (χ4n) is 8.87. The van der Waals surface area contributed by atoms with E-state index in [1.165, 1.54) is 7.11 Å². The van der Waals surface area contributed by atoms with Crippen LogP contribution in [0.25, 0.3) is 33.6 Å². The van der Waals surface area contributed by atoms with Crippen LogP contribution in [0.5, 0.6) is 0 Å². The number of methoxy groups -OCH3 is 1. The van der Waals surface area contributed by atoms with Gasteiger partial charge in [-0.2, -0.15) is 0 Å². The Balaban J connectivity index is 0.920. The average Bonchev–Trinajstić information content (AvgIpc) is 4.05. The first-order chi connectivity index (χ1) is 26.3. The zero-order chi connectivity index (χ0) is 37.3. The van der Waals surface area contributed by atoms with Gasteiger partial charge in [-0.15, -0.1) is 11.3 Å². The minimum atomic E-state index is -0.675. The Morgan fingerprint density at radius 3 is 2.13 bits per heavy atom. The monoisotopic (exact) mass is 746 g/mol. The van der Waals surface area contributed by atoms with Gasteiger partial charge in [0, 0.05) is 24.0 Å². The lowest BCUT2D eigenvalue weighted by atomic mass is 9.78. The number of carbonyl (C=O) groups excluding carboxylic acids is 3. The molecule has 3 aromatic heterocycles. The molecule has 1 aliphatic heterocycles. The zero-order valence-corrected chi connectivity index (χ0v) is 31.6. The molecule has 2 aromatic carbocycles. The molecule has 54 heavy (non-hydrogen) atoms. The first-order valence-electron chi connectivity index (χ1n) is 18.9. The minimum absolute atomic E-state index is 0.0673. The van der Waals surface area contributed by atoms with Crippen molar-refractivity contribution in [3.8, 4) is 33.6 Å². The summed E-state index contributed by atoms with van der Waals surface area (Å²) in [5, 5.41) is 8.71. The molecule has 13 heteroatoms. The maximum absolute atomic E-state index is 13.5. The highest BCUT2D eigenvalue weighted by Crippen LogP contribution is 2.56. The Bertz CT molecular complexity index is 2090. The van der Waals surface area contributed by atoms with Crippen LogP contribution in [0.15, 0.2) is 72.5 Å². The van der Waals surface area contributed by atoms with Gasteiger partial charge in [0.2, 0.25) is 11.8 Å². The Morgan fingerprint density at radius 1 is 0.870 bits per heavy atom. The van der Waals surface area contributed by atoms with Crippen LogP contribution in [-0.4, -0.2) is 67.4 Å². The van der Waals surface area contributed by atoms with Crippen molar-refractivity contribution in [2.24, 2.45) is 23.7 Å². The quantitative estimate of drug-likeness (QED) is 0.113. The summed E-state index contributed by atoms with van der Waals surface area (Å²) in [7, 11) is 1.30.